The quantitative estimate of drug-likeness (QED) is 0.490. The molecule has 0 heterocycles. The zero-order valence-electron chi connectivity index (χ0n) is 18.1. The molecule has 2 rings (SSSR count). The highest BCUT2D eigenvalue weighted by molar-refractivity contribution is 7.92. The van der Waals surface area contributed by atoms with Crippen LogP contribution in [0.5, 0.6) is 0 Å². The van der Waals surface area contributed by atoms with Crippen molar-refractivity contribution in [2.75, 3.05) is 24.2 Å². The van der Waals surface area contributed by atoms with Crippen molar-refractivity contribution < 1.29 is 18.0 Å². The summed E-state index contributed by atoms with van der Waals surface area (Å²) in [6.07, 6.45) is 1.24. The molecule has 0 aliphatic rings. The van der Waals surface area contributed by atoms with Gasteiger partial charge in [0.15, 0.2) is 0 Å². The lowest BCUT2D eigenvalue weighted by Crippen LogP contribution is -2.51. The predicted octanol–water partition coefficient (Wildman–Crippen LogP) is 4.62. The molecule has 33 heavy (non-hydrogen) atoms. The lowest BCUT2D eigenvalue weighted by molar-refractivity contribution is -0.140. The minimum absolute atomic E-state index is 0.0400. The van der Waals surface area contributed by atoms with Crippen LogP contribution in [0.15, 0.2) is 36.4 Å². The molecular weight excluding hydrogens is 532 g/mol. The Morgan fingerprint density at radius 1 is 1.00 bits per heavy atom. The van der Waals surface area contributed by atoms with E-state index in [0.29, 0.717) is 15.6 Å². The fourth-order valence-electron chi connectivity index (χ4n) is 3.19. The van der Waals surface area contributed by atoms with Crippen molar-refractivity contribution in [2.45, 2.75) is 25.9 Å². The van der Waals surface area contributed by atoms with Crippen LogP contribution in [0, 0.1) is 0 Å². The van der Waals surface area contributed by atoms with Crippen LogP contribution in [-0.4, -0.2) is 51.0 Å². The average Bonchev–Trinajstić information content (AvgIpc) is 2.74. The third-order valence-corrected chi connectivity index (χ3v) is 7.11. The maximum Gasteiger partial charge on any atom is 0.244 e. The molecule has 2 aromatic rings. The van der Waals surface area contributed by atoms with Crippen molar-refractivity contribution in [1.82, 2.24) is 10.2 Å². The Morgan fingerprint density at radius 2 is 1.61 bits per heavy atom. The molecule has 0 fully saturated rings. The van der Waals surface area contributed by atoms with Gasteiger partial charge in [-0.15, -0.1) is 0 Å². The van der Waals surface area contributed by atoms with Gasteiger partial charge in [-0.3, -0.25) is 13.9 Å². The van der Waals surface area contributed by atoms with E-state index < -0.39 is 34.4 Å². The van der Waals surface area contributed by atoms with Crippen LogP contribution >= 0.6 is 46.4 Å². The van der Waals surface area contributed by atoms with E-state index in [1.807, 2.05) is 0 Å². The van der Waals surface area contributed by atoms with Gasteiger partial charge in [0, 0.05) is 28.7 Å². The minimum Gasteiger partial charge on any atom is -0.357 e. The molecule has 1 N–H and O–H groups in total. The van der Waals surface area contributed by atoms with E-state index >= 15 is 0 Å². The maximum absolute atomic E-state index is 13.5. The number of likely N-dealkylation sites (N-methyl/N-ethyl adjacent to an activating group) is 1. The fraction of sp³-hybridized carbons (Fsp3) is 0.333. The Bertz CT molecular complexity index is 1140. The van der Waals surface area contributed by atoms with E-state index in [9.17, 15) is 18.0 Å². The van der Waals surface area contributed by atoms with E-state index in [1.165, 1.54) is 36.2 Å². The van der Waals surface area contributed by atoms with Crippen molar-refractivity contribution >= 4 is 73.9 Å². The number of nitrogens with one attached hydrogen (secondary N) is 1. The Kier molecular flexibility index (Phi) is 9.70. The van der Waals surface area contributed by atoms with Crippen LogP contribution in [0.2, 0.25) is 20.1 Å². The van der Waals surface area contributed by atoms with E-state index in [0.717, 1.165) is 10.6 Å². The molecule has 0 aliphatic heterocycles. The van der Waals surface area contributed by atoms with Crippen molar-refractivity contribution in [3.8, 4) is 0 Å². The highest BCUT2D eigenvalue weighted by Crippen LogP contribution is 2.31. The number of amides is 2. The number of carbonyl (C=O) groups is 2. The molecule has 12 heteroatoms. The summed E-state index contributed by atoms with van der Waals surface area (Å²) in [4.78, 5) is 27.3. The summed E-state index contributed by atoms with van der Waals surface area (Å²) in [6, 6.07) is 8.20. The summed E-state index contributed by atoms with van der Waals surface area (Å²) in [7, 11) is -2.48. The normalized spacial score (nSPS) is 12.2. The number of nitrogens with zero attached hydrogens (tertiary/aromatic N) is 2. The average molecular weight is 555 g/mol. The number of benzene rings is 2. The fourth-order valence-corrected chi connectivity index (χ4v) is 4.95. The molecule has 0 aliphatic carbocycles. The van der Waals surface area contributed by atoms with Gasteiger partial charge < -0.3 is 10.2 Å². The molecule has 0 unspecified atom stereocenters. The number of anilines is 1. The summed E-state index contributed by atoms with van der Waals surface area (Å²) >= 11 is 24.5. The molecular formula is C21H23Cl4N3O4S. The highest BCUT2D eigenvalue weighted by atomic mass is 35.5. The van der Waals surface area contributed by atoms with Crippen LogP contribution in [0.4, 0.5) is 5.69 Å². The molecule has 0 saturated carbocycles. The SMILES string of the molecule is CC[C@H](C(=O)NC)N(Cc1ccc(Cl)cc1Cl)C(=O)CN(c1cc(Cl)ccc1Cl)S(C)(=O)=O. The molecule has 0 bridgehead atoms. The number of halogens is 4. The van der Waals surface area contributed by atoms with E-state index in [-0.39, 0.29) is 28.7 Å². The summed E-state index contributed by atoms with van der Waals surface area (Å²) in [6.45, 7) is 1.10. The third kappa shape index (κ3) is 7.13. The van der Waals surface area contributed by atoms with Gasteiger partial charge in [-0.05, 0) is 42.3 Å². The number of carbonyl (C=O) groups excluding carboxylic acids is 2. The Morgan fingerprint density at radius 3 is 2.15 bits per heavy atom. The molecule has 2 aromatic carbocycles. The second kappa shape index (κ2) is 11.6. The zero-order valence-corrected chi connectivity index (χ0v) is 22.0. The minimum atomic E-state index is -3.93. The van der Waals surface area contributed by atoms with Gasteiger partial charge in [0.05, 0.1) is 17.0 Å². The summed E-state index contributed by atoms with van der Waals surface area (Å²) < 4.78 is 26.0. The zero-order chi connectivity index (χ0) is 24.9. The number of hydrogen-bond donors (Lipinski definition) is 1. The lowest BCUT2D eigenvalue weighted by atomic mass is 10.1. The molecule has 0 radical (unpaired) electrons. The Hall–Kier alpha value is -1.71. The number of sulfonamides is 1. The second-order valence-corrected chi connectivity index (χ2v) is 10.8. The first-order valence-corrected chi connectivity index (χ1v) is 13.1. The topological polar surface area (TPSA) is 86.8 Å². The smallest absolute Gasteiger partial charge is 0.244 e. The van der Waals surface area contributed by atoms with Gasteiger partial charge in [0.2, 0.25) is 21.8 Å². The lowest BCUT2D eigenvalue weighted by Gasteiger charge is -2.33. The van der Waals surface area contributed by atoms with Crippen molar-refractivity contribution in [2.24, 2.45) is 0 Å². The van der Waals surface area contributed by atoms with Gasteiger partial charge >= 0.3 is 0 Å². The predicted molar refractivity (Wildman–Crippen MR) is 134 cm³/mol. The first-order valence-electron chi connectivity index (χ1n) is 9.76. The summed E-state index contributed by atoms with van der Waals surface area (Å²) in [5.74, 6) is -1.03. The Labute approximate surface area is 213 Å². The van der Waals surface area contributed by atoms with Crippen LogP contribution in [0.1, 0.15) is 18.9 Å². The first kappa shape index (κ1) is 27.5. The van der Waals surface area contributed by atoms with E-state index in [4.69, 9.17) is 46.4 Å². The standard InChI is InChI=1S/C21H23Cl4N3O4S/c1-4-18(21(30)26-2)27(11-13-5-6-14(22)9-17(13)25)20(29)12-28(33(3,31)32)19-10-15(23)7-8-16(19)24/h5-10,18H,4,11-12H2,1-3H3,(H,26,30)/t18-/m1/s1. The molecule has 2 amide bonds. The van der Waals surface area contributed by atoms with Crippen LogP contribution in [0.25, 0.3) is 0 Å². The largest absolute Gasteiger partial charge is 0.357 e. The van der Waals surface area contributed by atoms with Crippen LogP contribution in [0.3, 0.4) is 0 Å². The summed E-state index contributed by atoms with van der Waals surface area (Å²) in [5, 5.41) is 3.61. The van der Waals surface area contributed by atoms with Crippen molar-refractivity contribution in [1.29, 1.82) is 0 Å². The molecule has 0 aromatic heterocycles. The highest BCUT2D eigenvalue weighted by Gasteiger charge is 2.32. The second-order valence-electron chi connectivity index (χ2n) is 7.16. The van der Waals surface area contributed by atoms with Crippen molar-refractivity contribution in [3.05, 3.63) is 62.1 Å². The van der Waals surface area contributed by atoms with Crippen LogP contribution in [-0.2, 0) is 26.2 Å². The van der Waals surface area contributed by atoms with Crippen LogP contribution < -0.4 is 9.62 Å². The molecule has 0 saturated heterocycles. The Balaban J connectivity index is 2.51. The van der Waals surface area contributed by atoms with Gasteiger partial charge in [-0.25, -0.2) is 8.42 Å². The monoisotopic (exact) mass is 553 g/mol. The molecule has 1 atom stereocenters. The van der Waals surface area contributed by atoms with Gasteiger partial charge in [0.25, 0.3) is 0 Å². The molecule has 7 nitrogen and oxygen atoms in total. The number of hydrogen-bond acceptors (Lipinski definition) is 4. The third-order valence-electron chi connectivity index (χ3n) is 4.84. The van der Waals surface area contributed by atoms with E-state index in [2.05, 4.69) is 5.32 Å². The summed E-state index contributed by atoms with van der Waals surface area (Å²) in [5.41, 5.74) is 0.598. The van der Waals surface area contributed by atoms with Gasteiger partial charge in [0.1, 0.15) is 12.6 Å². The molecule has 180 valence electrons. The van der Waals surface area contributed by atoms with Gasteiger partial charge in [-0.2, -0.15) is 0 Å². The van der Waals surface area contributed by atoms with Gasteiger partial charge in [-0.1, -0.05) is 59.4 Å². The van der Waals surface area contributed by atoms with E-state index in [1.54, 1.807) is 19.1 Å². The first-order chi connectivity index (χ1) is 15.4. The molecule has 0 spiro atoms. The van der Waals surface area contributed by atoms with Crippen molar-refractivity contribution in [3.63, 3.8) is 0 Å². The number of rotatable bonds is 9. The maximum atomic E-state index is 13.5.